The number of nitrogens with zero attached hydrogens (tertiary/aromatic N) is 2. The van der Waals surface area contributed by atoms with E-state index < -0.39 is 20.2 Å². The molecule has 0 aliphatic carbocycles. The fourth-order valence-electron chi connectivity index (χ4n) is 3.42. The lowest BCUT2D eigenvalue weighted by Gasteiger charge is -2.05. The van der Waals surface area contributed by atoms with Gasteiger partial charge in [-0.3, -0.25) is 9.11 Å². The predicted molar refractivity (Wildman–Crippen MR) is 137 cm³/mol. The molecule has 0 atom stereocenters. The van der Waals surface area contributed by atoms with Crippen LogP contribution in [0.3, 0.4) is 0 Å². The molecule has 0 aliphatic heterocycles. The standard InChI is InChI=1S/C22H32N2O6S4/c25-33(26,27)19-5-13-23-11-3-1-7-21(23)9-15-31-17-18-32-16-10-22-8-2-4-12-24(22)14-6-20-34(28,29)30/h1-4,7-8,11-12H,5-6,9-10,13-20H2/p+2. The molecule has 0 saturated heterocycles. The molecule has 0 saturated carbocycles. The van der Waals surface area contributed by atoms with Gasteiger partial charge in [0.1, 0.15) is 13.1 Å². The van der Waals surface area contributed by atoms with Crippen molar-refractivity contribution in [1.29, 1.82) is 0 Å². The van der Waals surface area contributed by atoms with Gasteiger partial charge < -0.3 is 0 Å². The first kappa shape index (κ1) is 29.1. The van der Waals surface area contributed by atoms with E-state index in [0.717, 1.165) is 47.2 Å². The summed E-state index contributed by atoms with van der Waals surface area (Å²) in [4.78, 5) is 0. The van der Waals surface area contributed by atoms with Gasteiger partial charge >= 0.3 is 0 Å². The molecule has 0 radical (unpaired) electrons. The number of aromatic nitrogens is 2. The largest absolute Gasteiger partial charge is 0.286 e. The van der Waals surface area contributed by atoms with Crippen molar-refractivity contribution in [3.63, 3.8) is 0 Å². The molecular formula is C22H34N2O6S4+2. The summed E-state index contributed by atoms with van der Waals surface area (Å²) in [6.45, 7) is 1.12. The Bertz CT molecular complexity index is 1010. The van der Waals surface area contributed by atoms with Gasteiger partial charge in [-0.1, -0.05) is 12.1 Å². The Hall–Kier alpha value is -1.18. The van der Waals surface area contributed by atoms with E-state index in [0.29, 0.717) is 25.9 Å². The van der Waals surface area contributed by atoms with E-state index in [4.69, 9.17) is 9.11 Å². The minimum atomic E-state index is -3.92. The summed E-state index contributed by atoms with van der Waals surface area (Å²) >= 11 is 3.78. The van der Waals surface area contributed by atoms with Crippen LogP contribution in [0.25, 0.3) is 0 Å². The van der Waals surface area contributed by atoms with E-state index in [1.165, 1.54) is 0 Å². The molecule has 0 unspecified atom stereocenters. The van der Waals surface area contributed by atoms with Crippen LogP contribution in [0.4, 0.5) is 0 Å². The van der Waals surface area contributed by atoms with Crippen LogP contribution >= 0.6 is 23.5 Å². The highest BCUT2D eigenvalue weighted by Gasteiger charge is 2.13. The maximum Gasteiger partial charge on any atom is 0.265 e. The van der Waals surface area contributed by atoms with Gasteiger partial charge in [-0.05, 0) is 0 Å². The second kappa shape index (κ2) is 15.0. The summed E-state index contributed by atoms with van der Waals surface area (Å²) in [7, 11) is -7.84. The molecule has 2 aromatic heterocycles. The lowest BCUT2D eigenvalue weighted by Crippen LogP contribution is -2.39. The van der Waals surface area contributed by atoms with Crippen LogP contribution in [0.5, 0.6) is 0 Å². The lowest BCUT2D eigenvalue weighted by atomic mass is 10.2. The molecule has 12 heteroatoms. The summed E-state index contributed by atoms with van der Waals surface area (Å²) in [5, 5.41) is 0. The molecule has 8 nitrogen and oxygen atoms in total. The van der Waals surface area contributed by atoms with E-state index in [1.54, 1.807) is 0 Å². The van der Waals surface area contributed by atoms with Crippen molar-refractivity contribution in [3.8, 4) is 0 Å². The first-order valence-electron chi connectivity index (χ1n) is 11.1. The fourth-order valence-corrected chi connectivity index (χ4v) is 6.47. The zero-order valence-corrected chi connectivity index (χ0v) is 22.4. The molecule has 2 aromatic rings. The normalized spacial score (nSPS) is 12.2. The molecule has 0 amide bonds. The minimum absolute atomic E-state index is 0.228. The van der Waals surface area contributed by atoms with Gasteiger partial charge in [0, 0.05) is 73.0 Å². The summed E-state index contributed by atoms with van der Waals surface area (Å²) in [5.74, 6) is 3.60. The highest BCUT2D eigenvalue weighted by Crippen LogP contribution is 2.10. The summed E-state index contributed by atoms with van der Waals surface area (Å²) in [6, 6.07) is 11.9. The number of pyridine rings is 2. The Morgan fingerprint density at radius 3 is 1.44 bits per heavy atom. The first-order valence-corrected chi connectivity index (χ1v) is 16.7. The van der Waals surface area contributed by atoms with Gasteiger partial charge in [-0.25, -0.2) is 9.13 Å². The highest BCUT2D eigenvalue weighted by atomic mass is 32.2. The number of thioether (sulfide) groups is 2. The second-order valence-electron chi connectivity index (χ2n) is 7.77. The third kappa shape index (κ3) is 13.1. The second-order valence-corrected chi connectivity index (χ2v) is 13.4. The molecule has 2 rings (SSSR count). The van der Waals surface area contributed by atoms with Gasteiger partial charge in [0.25, 0.3) is 20.2 Å². The third-order valence-corrected chi connectivity index (χ3v) is 8.89. The average molecular weight is 551 g/mol. The average Bonchev–Trinajstić information content (AvgIpc) is 2.76. The van der Waals surface area contributed by atoms with Crippen molar-refractivity contribution < 1.29 is 35.1 Å². The van der Waals surface area contributed by atoms with Crippen LogP contribution in [-0.2, 0) is 46.2 Å². The van der Waals surface area contributed by atoms with Crippen molar-refractivity contribution in [2.45, 2.75) is 38.8 Å². The summed E-state index contributed by atoms with van der Waals surface area (Å²) in [6.07, 6.45) is 6.45. The fraction of sp³-hybridized carbons (Fsp3) is 0.545. The monoisotopic (exact) mass is 550 g/mol. The molecule has 0 aliphatic rings. The Morgan fingerprint density at radius 1 is 0.647 bits per heavy atom. The predicted octanol–water partition coefficient (Wildman–Crippen LogP) is 2.07. The van der Waals surface area contributed by atoms with E-state index in [9.17, 15) is 16.8 Å². The van der Waals surface area contributed by atoms with Crippen LogP contribution in [0.2, 0.25) is 0 Å². The number of hydrogen-bond acceptors (Lipinski definition) is 6. The van der Waals surface area contributed by atoms with Crippen molar-refractivity contribution in [2.24, 2.45) is 0 Å². The maximum atomic E-state index is 10.9. The van der Waals surface area contributed by atoms with E-state index >= 15 is 0 Å². The van der Waals surface area contributed by atoms with Crippen molar-refractivity contribution in [3.05, 3.63) is 60.2 Å². The molecular weight excluding hydrogens is 517 g/mol. The lowest BCUT2D eigenvalue weighted by molar-refractivity contribution is -0.704. The van der Waals surface area contributed by atoms with E-state index in [2.05, 4.69) is 0 Å². The number of rotatable bonds is 17. The third-order valence-electron chi connectivity index (χ3n) is 5.05. The first-order chi connectivity index (χ1) is 16.1. The Morgan fingerprint density at radius 2 is 1.06 bits per heavy atom. The number of aryl methyl sites for hydroxylation is 4. The van der Waals surface area contributed by atoms with Gasteiger partial charge in [0.05, 0.1) is 11.5 Å². The Balaban J connectivity index is 1.63. The van der Waals surface area contributed by atoms with Crippen molar-refractivity contribution in [2.75, 3.05) is 34.5 Å². The molecule has 0 bridgehead atoms. The molecule has 0 spiro atoms. The topological polar surface area (TPSA) is 117 Å². The molecule has 2 N–H and O–H groups in total. The zero-order valence-electron chi connectivity index (χ0n) is 19.2. The van der Waals surface area contributed by atoms with Crippen LogP contribution in [0.15, 0.2) is 48.8 Å². The molecule has 2 heterocycles. The summed E-state index contributed by atoms with van der Waals surface area (Å²) in [5.41, 5.74) is 2.31. The van der Waals surface area contributed by atoms with Crippen molar-refractivity contribution in [1.82, 2.24) is 0 Å². The summed E-state index contributed by atoms with van der Waals surface area (Å²) < 4.78 is 65.5. The van der Waals surface area contributed by atoms with E-state index in [-0.39, 0.29) is 11.5 Å². The van der Waals surface area contributed by atoms with Crippen LogP contribution in [0.1, 0.15) is 24.2 Å². The maximum absolute atomic E-state index is 10.9. The van der Waals surface area contributed by atoms with Gasteiger partial charge in [-0.15, -0.1) is 0 Å². The molecule has 0 fully saturated rings. The van der Waals surface area contributed by atoms with E-state index in [1.807, 2.05) is 81.4 Å². The minimum Gasteiger partial charge on any atom is -0.286 e. The SMILES string of the molecule is O=S(=O)(O)CCC[n+]1ccccc1CCSCCSCCc1cccc[n+]1CCCS(=O)(=O)O. The molecule has 0 aromatic carbocycles. The number of hydrogen-bond donors (Lipinski definition) is 2. The molecule has 190 valence electrons. The Kier molecular flexibility index (Phi) is 12.9. The van der Waals surface area contributed by atoms with Gasteiger partial charge in [0.15, 0.2) is 23.8 Å². The Labute approximate surface area is 211 Å². The van der Waals surface area contributed by atoms with Gasteiger partial charge in [0.2, 0.25) is 0 Å². The van der Waals surface area contributed by atoms with Gasteiger partial charge in [-0.2, -0.15) is 40.4 Å². The highest BCUT2D eigenvalue weighted by molar-refractivity contribution is 8.02. The zero-order chi connectivity index (χ0) is 24.9. The quantitative estimate of drug-likeness (QED) is 0.175. The van der Waals surface area contributed by atoms with Crippen LogP contribution < -0.4 is 9.13 Å². The smallest absolute Gasteiger partial charge is 0.265 e. The van der Waals surface area contributed by atoms with Crippen LogP contribution in [-0.4, -0.2) is 60.5 Å². The van der Waals surface area contributed by atoms with Crippen molar-refractivity contribution >= 4 is 43.8 Å². The molecule has 34 heavy (non-hydrogen) atoms. The van der Waals surface area contributed by atoms with Crippen LogP contribution in [0, 0.1) is 0 Å².